The average molecular weight is 291 g/mol. The summed E-state index contributed by atoms with van der Waals surface area (Å²) in [4.78, 5) is 2.39. The molecule has 21 heavy (non-hydrogen) atoms. The molecule has 1 saturated heterocycles. The van der Waals surface area contributed by atoms with Gasteiger partial charge in [-0.3, -0.25) is 4.90 Å². The molecule has 0 aliphatic carbocycles. The Morgan fingerprint density at radius 1 is 1.33 bits per heavy atom. The number of hydrogen-bond acceptors (Lipinski definition) is 3. The Morgan fingerprint density at radius 3 is 2.76 bits per heavy atom. The zero-order valence-electron chi connectivity index (χ0n) is 13.6. The maximum atomic E-state index is 10.3. The van der Waals surface area contributed by atoms with E-state index in [0.717, 1.165) is 38.9 Å². The van der Waals surface area contributed by atoms with E-state index < -0.39 is 0 Å². The van der Waals surface area contributed by atoms with Gasteiger partial charge in [0.15, 0.2) is 0 Å². The van der Waals surface area contributed by atoms with Crippen LogP contribution in [0.15, 0.2) is 18.2 Å². The number of piperidine rings is 1. The Morgan fingerprint density at radius 2 is 2.10 bits per heavy atom. The summed E-state index contributed by atoms with van der Waals surface area (Å²) in [6, 6.07) is 6.57. The van der Waals surface area contributed by atoms with Crippen LogP contribution in [0.4, 0.5) is 0 Å². The van der Waals surface area contributed by atoms with Gasteiger partial charge in [-0.1, -0.05) is 37.1 Å². The highest BCUT2D eigenvalue weighted by Crippen LogP contribution is 2.35. The summed E-state index contributed by atoms with van der Waals surface area (Å²) in [6.07, 6.45) is 2.26. The quantitative estimate of drug-likeness (QED) is 0.876. The van der Waals surface area contributed by atoms with Crippen molar-refractivity contribution in [2.45, 2.75) is 52.7 Å². The predicted molar refractivity (Wildman–Crippen MR) is 86.2 cm³/mol. The van der Waals surface area contributed by atoms with Crippen molar-refractivity contribution in [2.24, 2.45) is 5.41 Å². The first-order valence-corrected chi connectivity index (χ1v) is 8.08. The molecule has 1 aliphatic rings. The molecular formula is C18H29NO2. The number of benzene rings is 1. The van der Waals surface area contributed by atoms with Crippen LogP contribution in [0.25, 0.3) is 0 Å². The van der Waals surface area contributed by atoms with Crippen LogP contribution in [-0.4, -0.2) is 40.9 Å². The Bertz CT molecular complexity index is 474. The van der Waals surface area contributed by atoms with Gasteiger partial charge in [-0.05, 0) is 37.8 Å². The van der Waals surface area contributed by atoms with Gasteiger partial charge < -0.3 is 10.2 Å². The van der Waals surface area contributed by atoms with Crippen LogP contribution in [0.1, 0.15) is 42.9 Å². The van der Waals surface area contributed by atoms with Gasteiger partial charge in [0, 0.05) is 25.0 Å². The molecule has 0 unspecified atom stereocenters. The van der Waals surface area contributed by atoms with E-state index in [0.29, 0.717) is 0 Å². The minimum absolute atomic E-state index is 0.0747. The van der Waals surface area contributed by atoms with Gasteiger partial charge in [-0.25, -0.2) is 0 Å². The van der Waals surface area contributed by atoms with Crippen molar-refractivity contribution in [3.05, 3.63) is 34.9 Å². The molecule has 118 valence electrons. The van der Waals surface area contributed by atoms with Crippen molar-refractivity contribution in [1.29, 1.82) is 0 Å². The Balaban J connectivity index is 2.12. The molecule has 3 nitrogen and oxygen atoms in total. The summed E-state index contributed by atoms with van der Waals surface area (Å²) >= 11 is 0. The van der Waals surface area contributed by atoms with Crippen molar-refractivity contribution in [3.8, 4) is 0 Å². The van der Waals surface area contributed by atoms with E-state index in [4.69, 9.17) is 0 Å². The SMILES string of the molecule is CCC[C@@]1(CO)CN(Cc2cc(C)ccc2C)CC[C@@H]1O. The zero-order valence-corrected chi connectivity index (χ0v) is 13.6. The third-order valence-electron chi connectivity index (χ3n) is 4.93. The normalized spacial score (nSPS) is 27.0. The third-order valence-corrected chi connectivity index (χ3v) is 4.93. The first kappa shape index (κ1) is 16.5. The largest absolute Gasteiger partial charge is 0.396 e. The highest BCUT2D eigenvalue weighted by atomic mass is 16.3. The number of hydrogen-bond donors (Lipinski definition) is 2. The van der Waals surface area contributed by atoms with Gasteiger partial charge in [0.25, 0.3) is 0 Å². The lowest BCUT2D eigenvalue weighted by molar-refractivity contribution is -0.0820. The van der Waals surface area contributed by atoms with Gasteiger partial charge in [0.1, 0.15) is 0 Å². The molecule has 1 aromatic carbocycles. The predicted octanol–water partition coefficient (Wildman–Crippen LogP) is 2.65. The van der Waals surface area contributed by atoms with E-state index >= 15 is 0 Å². The second-order valence-electron chi connectivity index (χ2n) is 6.72. The molecule has 0 aromatic heterocycles. The monoisotopic (exact) mass is 291 g/mol. The summed E-state index contributed by atoms with van der Waals surface area (Å²) in [6.45, 7) is 9.06. The molecule has 2 rings (SSSR count). The molecule has 2 atom stereocenters. The topological polar surface area (TPSA) is 43.7 Å². The zero-order chi connectivity index (χ0) is 15.5. The van der Waals surface area contributed by atoms with E-state index in [1.54, 1.807) is 0 Å². The molecule has 1 aliphatic heterocycles. The Labute approximate surface area is 128 Å². The molecule has 0 saturated carbocycles. The van der Waals surface area contributed by atoms with Crippen LogP contribution in [0.5, 0.6) is 0 Å². The lowest BCUT2D eigenvalue weighted by Crippen LogP contribution is -2.53. The van der Waals surface area contributed by atoms with Crippen LogP contribution in [0, 0.1) is 19.3 Å². The number of aryl methyl sites for hydroxylation is 2. The second kappa shape index (κ2) is 6.91. The lowest BCUT2D eigenvalue weighted by atomic mass is 9.74. The fourth-order valence-electron chi connectivity index (χ4n) is 3.57. The van der Waals surface area contributed by atoms with Crippen LogP contribution in [-0.2, 0) is 6.54 Å². The maximum Gasteiger partial charge on any atom is 0.0642 e. The van der Waals surface area contributed by atoms with Crippen LogP contribution < -0.4 is 0 Å². The van der Waals surface area contributed by atoms with E-state index in [1.165, 1.54) is 16.7 Å². The number of aliphatic hydroxyl groups excluding tert-OH is 2. The highest BCUT2D eigenvalue weighted by Gasteiger charge is 2.41. The number of rotatable bonds is 5. The van der Waals surface area contributed by atoms with E-state index in [1.807, 2.05) is 0 Å². The molecule has 1 heterocycles. The molecule has 0 amide bonds. The highest BCUT2D eigenvalue weighted by molar-refractivity contribution is 5.30. The summed E-state index contributed by atoms with van der Waals surface area (Å²) in [5.41, 5.74) is 3.62. The summed E-state index contributed by atoms with van der Waals surface area (Å²) in [7, 11) is 0. The minimum atomic E-state index is -0.377. The number of aliphatic hydroxyl groups is 2. The second-order valence-corrected chi connectivity index (χ2v) is 6.72. The number of likely N-dealkylation sites (tertiary alicyclic amines) is 1. The van der Waals surface area contributed by atoms with Crippen LogP contribution in [0.3, 0.4) is 0 Å². The first-order chi connectivity index (χ1) is 10.0. The average Bonchev–Trinajstić information content (AvgIpc) is 2.46. The van der Waals surface area contributed by atoms with Gasteiger partial charge in [0.05, 0.1) is 12.7 Å². The fourth-order valence-corrected chi connectivity index (χ4v) is 3.57. The van der Waals surface area contributed by atoms with Gasteiger partial charge in [-0.2, -0.15) is 0 Å². The Hall–Kier alpha value is -0.900. The van der Waals surface area contributed by atoms with Gasteiger partial charge in [-0.15, -0.1) is 0 Å². The number of nitrogens with zero attached hydrogens (tertiary/aromatic N) is 1. The summed E-state index contributed by atoms with van der Waals surface area (Å²) in [5, 5.41) is 20.2. The van der Waals surface area contributed by atoms with Crippen LogP contribution in [0.2, 0.25) is 0 Å². The molecule has 0 radical (unpaired) electrons. The van der Waals surface area contributed by atoms with E-state index in [2.05, 4.69) is 43.9 Å². The lowest BCUT2D eigenvalue weighted by Gasteiger charge is -2.45. The van der Waals surface area contributed by atoms with E-state index in [-0.39, 0.29) is 18.1 Å². The standard InChI is InChI=1S/C18H29NO2/c1-4-8-18(13-20)12-19(9-7-17(18)21)11-16-10-14(2)5-6-15(16)3/h5-6,10,17,20-21H,4,7-9,11-13H2,1-3H3/t17-,18-/m0/s1. The Kier molecular flexibility index (Phi) is 5.42. The summed E-state index contributed by atoms with van der Waals surface area (Å²) < 4.78 is 0. The smallest absolute Gasteiger partial charge is 0.0642 e. The van der Waals surface area contributed by atoms with Crippen molar-refractivity contribution < 1.29 is 10.2 Å². The van der Waals surface area contributed by atoms with Gasteiger partial charge in [0.2, 0.25) is 0 Å². The third kappa shape index (κ3) is 3.65. The van der Waals surface area contributed by atoms with Crippen molar-refractivity contribution >= 4 is 0 Å². The molecule has 2 N–H and O–H groups in total. The molecule has 1 fully saturated rings. The molecule has 1 aromatic rings. The van der Waals surface area contributed by atoms with E-state index in [9.17, 15) is 10.2 Å². The van der Waals surface area contributed by atoms with Crippen molar-refractivity contribution in [1.82, 2.24) is 4.90 Å². The first-order valence-electron chi connectivity index (χ1n) is 8.08. The summed E-state index contributed by atoms with van der Waals surface area (Å²) in [5.74, 6) is 0. The molecule has 3 heteroatoms. The van der Waals surface area contributed by atoms with Crippen LogP contribution >= 0.6 is 0 Å². The molecular weight excluding hydrogens is 262 g/mol. The van der Waals surface area contributed by atoms with Crippen molar-refractivity contribution in [3.63, 3.8) is 0 Å². The fraction of sp³-hybridized carbons (Fsp3) is 0.667. The van der Waals surface area contributed by atoms with Gasteiger partial charge >= 0.3 is 0 Å². The molecule has 0 bridgehead atoms. The maximum absolute atomic E-state index is 10.3. The van der Waals surface area contributed by atoms with Crippen molar-refractivity contribution in [2.75, 3.05) is 19.7 Å². The minimum Gasteiger partial charge on any atom is -0.396 e. The molecule has 0 spiro atoms.